The van der Waals surface area contributed by atoms with Crippen LogP contribution in [0.15, 0.2) is 23.8 Å². The number of ketones is 1. The maximum absolute atomic E-state index is 12.1. The zero-order valence-corrected chi connectivity index (χ0v) is 15.9. The molecule has 1 aliphatic heterocycles. The number of aliphatic hydroxyl groups excluding tert-OH is 5. The highest BCUT2D eigenvalue weighted by atomic mass is 16.7. The molecule has 5 N–H and O–H groups in total. The van der Waals surface area contributed by atoms with Gasteiger partial charge >= 0.3 is 0 Å². The molecule has 7 atom stereocenters. The molecule has 0 radical (unpaired) electrons. The van der Waals surface area contributed by atoms with Gasteiger partial charge in [0.2, 0.25) is 0 Å². The Bertz CT molecular complexity index is 580. The lowest BCUT2D eigenvalue weighted by molar-refractivity contribution is -0.299. The molecule has 0 amide bonds. The summed E-state index contributed by atoms with van der Waals surface area (Å²) in [5.74, 6) is -0.219. The van der Waals surface area contributed by atoms with Crippen molar-refractivity contribution in [2.45, 2.75) is 64.0 Å². The Morgan fingerprint density at radius 3 is 2.56 bits per heavy atom. The average molecular weight is 386 g/mol. The summed E-state index contributed by atoms with van der Waals surface area (Å²) in [6.45, 7) is 4.93. The lowest BCUT2D eigenvalue weighted by atomic mass is 9.68. The van der Waals surface area contributed by atoms with Gasteiger partial charge in [0.05, 0.1) is 19.3 Å². The fourth-order valence-electron chi connectivity index (χ4n) is 3.58. The second-order valence-electron chi connectivity index (χ2n) is 7.96. The first kappa shape index (κ1) is 22.2. The summed E-state index contributed by atoms with van der Waals surface area (Å²) in [7, 11) is 0. The zero-order valence-electron chi connectivity index (χ0n) is 15.9. The Balaban J connectivity index is 2.14. The van der Waals surface area contributed by atoms with Crippen LogP contribution in [0.2, 0.25) is 0 Å². The maximum Gasteiger partial charge on any atom is 0.187 e. The van der Waals surface area contributed by atoms with Crippen LogP contribution in [-0.4, -0.2) is 81.3 Å². The van der Waals surface area contributed by atoms with Crippen LogP contribution in [0.3, 0.4) is 0 Å². The van der Waals surface area contributed by atoms with Crippen molar-refractivity contribution < 1.29 is 39.8 Å². The lowest BCUT2D eigenvalue weighted by Gasteiger charge is -2.41. The maximum atomic E-state index is 12.1. The molecule has 8 heteroatoms. The van der Waals surface area contributed by atoms with E-state index >= 15 is 0 Å². The topological polar surface area (TPSA) is 137 Å². The summed E-state index contributed by atoms with van der Waals surface area (Å²) in [6.07, 6.45) is -2.11. The molecule has 2 rings (SSSR count). The standard InChI is InChI=1S/C19H30O8/c1-10(21)4-5-13-11(6-12(22)7-19(13,2)3)9-26-18-17(25)16(24)15(23)14(8-20)27-18/h4-6,10,13-18,20-21,23-25H,7-9H2,1-3H3/b5-4+/t10-,13?,14-,15-,16+,17-,18-/m1/s1. The smallest absolute Gasteiger partial charge is 0.187 e. The third kappa shape index (κ3) is 5.23. The molecule has 1 saturated heterocycles. The molecule has 154 valence electrons. The molecule has 27 heavy (non-hydrogen) atoms. The Hall–Kier alpha value is -1.13. The monoisotopic (exact) mass is 386 g/mol. The van der Waals surface area contributed by atoms with Crippen LogP contribution in [0.4, 0.5) is 0 Å². The third-order valence-electron chi connectivity index (χ3n) is 5.06. The van der Waals surface area contributed by atoms with E-state index in [9.17, 15) is 30.3 Å². The first-order valence-corrected chi connectivity index (χ1v) is 9.08. The molecule has 1 heterocycles. The molecule has 0 aromatic carbocycles. The number of aliphatic hydroxyl groups is 5. The summed E-state index contributed by atoms with van der Waals surface area (Å²) in [5.41, 5.74) is 0.274. The number of rotatable bonds is 6. The van der Waals surface area contributed by atoms with Crippen LogP contribution in [0.1, 0.15) is 27.2 Å². The minimum Gasteiger partial charge on any atom is -0.394 e. The predicted molar refractivity (Wildman–Crippen MR) is 95.5 cm³/mol. The highest BCUT2D eigenvalue weighted by Crippen LogP contribution is 2.41. The van der Waals surface area contributed by atoms with Crippen molar-refractivity contribution in [3.8, 4) is 0 Å². The lowest BCUT2D eigenvalue weighted by Crippen LogP contribution is -2.59. The van der Waals surface area contributed by atoms with Crippen molar-refractivity contribution in [2.24, 2.45) is 11.3 Å². The van der Waals surface area contributed by atoms with E-state index in [0.29, 0.717) is 12.0 Å². The van der Waals surface area contributed by atoms with Gasteiger partial charge in [-0.2, -0.15) is 0 Å². The van der Waals surface area contributed by atoms with E-state index in [-0.39, 0.29) is 23.7 Å². The van der Waals surface area contributed by atoms with Gasteiger partial charge < -0.3 is 35.0 Å². The molecule has 2 aliphatic rings. The largest absolute Gasteiger partial charge is 0.394 e. The summed E-state index contributed by atoms with van der Waals surface area (Å²) >= 11 is 0. The molecule has 8 nitrogen and oxygen atoms in total. The molecule has 1 fully saturated rings. The summed E-state index contributed by atoms with van der Waals surface area (Å²) in [6, 6.07) is 0. The van der Waals surface area contributed by atoms with E-state index in [2.05, 4.69) is 0 Å². The number of carbonyl (C=O) groups excluding carboxylic acids is 1. The quantitative estimate of drug-likeness (QED) is 0.377. The Morgan fingerprint density at radius 2 is 1.96 bits per heavy atom. The fourth-order valence-corrected chi connectivity index (χ4v) is 3.58. The average Bonchev–Trinajstić information content (AvgIpc) is 2.57. The summed E-state index contributed by atoms with van der Waals surface area (Å²) in [5, 5.41) is 48.5. The minimum absolute atomic E-state index is 0.0471. The highest BCUT2D eigenvalue weighted by Gasteiger charge is 2.44. The van der Waals surface area contributed by atoms with Crippen LogP contribution in [-0.2, 0) is 14.3 Å². The van der Waals surface area contributed by atoms with Crippen molar-refractivity contribution in [1.82, 2.24) is 0 Å². The van der Waals surface area contributed by atoms with Gasteiger partial charge in [-0.3, -0.25) is 4.79 Å². The molecule has 1 unspecified atom stereocenters. The van der Waals surface area contributed by atoms with Gasteiger partial charge in [-0.25, -0.2) is 0 Å². The molecular weight excluding hydrogens is 356 g/mol. The number of ether oxygens (including phenoxy) is 2. The molecule has 0 saturated carbocycles. The number of hydrogen-bond acceptors (Lipinski definition) is 8. The van der Waals surface area contributed by atoms with Crippen LogP contribution in [0.25, 0.3) is 0 Å². The third-order valence-corrected chi connectivity index (χ3v) is 5.06. The molecule has 0 spiro atoms. The van der Waals surface area contributed by atoms with Gasteiger partial charge in [0.25, 0.3) is 0 Å². The van der Waals surface area contributed by atoms with Gasteiger partial charge in [0.15, 0.2) is 12.1 Å². The van der Waals surface area contributed by atoms with Crippen LogP contribution < -0.4 is 0 Å². The minimum atomic E-state index is -1.52. The Kier molecular flexibility index (Phi) is 7.32. The van der Waals surface area contributed by atoms with Crippen LogP contribution in [0, 0.1) is 11.3 Å². The fraction of sp³-hybridized carbons (Fsp3) is 0.737. The number of hydrogen-bond donors (Lipinski definition) is 5. The Labute approximate surface area is 158 Å². The van der Waals surface area contributed by atoms with E-state index in [1.807, 2.05) is 19.9 Å². The van der Waals surface area contributed by atoms with E-state index in [4.69, 9.17) is 9.47 Å². The second kappa shape index (κ2) is 8.91. The van der Waals surface area contributed by atoms with Crippen molar-refractivity contribution in [3.05, 3.63) is 23.8 Å². The van der Waals surface area contributed by atoms with Crippen molar-refractivity contribution in [2.75, 3.05) is 13.2 Å². The second-order valence-corrected chi connectivity index (χ2v) is 7.96. The van der Waals surface area contributed by atoms with Gasteiger partial charge in [-0.1, -0.05) is 26.0 Å². The molecule has 0 aromatic heterocycles. The van der Waals surface area contributed by atoms with Gasteiger partial charge in [0, 0.05) is 12.3 Å². The number of allylic oxidation sites excluding steroid dienone is 2. The molecular formula is C19H30O8. The van der Waals surface area contributed by atoms with Crippen molar-refractivity contribution >= 4 is 5.78 Å². The SMILES string of the molecule is C[C@@H](O)/C=C/C1C(CO[C@@H]2O[C@H](CO)[C@@H](O)[C@H](O)[C@H]2O)=CC(=O)CC1(C)C. The van der Waals surface area contributed by atoms with E-state index < -0.39 is 43.4 Å². The molecule has 1 aliphatic carbocycles. The Morgan fingerprint density at radius 1 is 1.30 bits per heavy atom. The predicted octanol–water partition coefficient (Wildman–Crippen LogP) is -0.719. The van der Waals surface area contributed by atoms with Gasteiger partial charge in [-0.05, 0) is 24.0 Å². The summed E-state index contributed by atoms with van der Waals surface area (Å²) < 4.78 is 10.9. The van der Waals surface area contributed by atoms with E-state index in [1.165, 1.54) is 6.08 Å². The first-order valence-electron chi connectivity index (χ1n) is 9.08. The summed E-state index contributed by atoms with van der Waals surface area (Å²) in [4.78, 5) is 12.1. The first-order chi connectivity index (χ1) is 12.6. The normalized spacial score (nSPS) is 38.1. The molecule has 0 bridgehead atoms. The van der Waals surface area contributed by atoms with Crippen molar-refractivity contribution in [1.29, 1.82) is 0 Å². The number of carbonyl (C=O) groups is 1. The zero-order chi connectivity index (χ0) is 20.4. The van der Waals surface area contributed by atoms with Gasteiger partial charge in [0.1, 0.15) is 24.4 Å². The van der Waals surface area contributed by atoms with E-state index in [1.54, 1.807) is 13.0 Å². The van der Waals surface area contributed by atoms with Crippen molar-refractivity contribution in [3.63, 3.8) is 0 Å². The van der Waals surface area contributed by atoms with Crippen LogP contribution in [0.5, 0.6) is 0 Å². The van der Waals surface area contributed by atoms with E-state index in [0.717, 1.165) is 0 Å². The van der Waals surface area contributed by atoms with Crippen LogP contribution >= 0.6 is 0 Å². The molecule has 0 aromatic rings. The van der Waals surface area contributed by atoms with Gasteiger partial charge in [-0.15, -0.1) is 0 Å². The highest BCUT2D eigenvalue weighted by molar-refractivity contribution is 5.92.